The van der Waals surface area contributed by atoms with E-state index in [2.05, 4.69) is 12.2 Å². The normalized spacial score (nSPS) is 37.9. The number of amides is 3. The van der Waals surface area contributed by atoms with Crippen LogP contribution in [0.4, 0.5) is 4.79 Å². The fourth-order valence-corrected chi connectivity index (χ4v) is 7.31. The lowest BCUT2D eigenvalue weighted by atomic mass is 9.76. The Morgan fingerprint density at radius 2 is 1.76 bits per heavy atom. The van der Waals surface area contributed by atoms with Gasteiger partial charge in [-0.05, 0) is 69.6 Å². The zero-order valence-corrected chi connectivity index (χ0v) is 17.2. The molecule has 1 saturated heterocycles. The van der Waals surface area contributed by atoms with Crippen molar-refractivity contribution in [2.75, 3.05) is 13.6 Å². The third-order valence-corrected chi connectivity index (χ3v) is 8.95. The lowest BCUT2D eigenvalue weighted by Crippen LogP contribution is -2.52. The van der Waals surface area contributed by atoms with Crippen LogP contribution >= 0.6 is 0 Å². The number of nitrogens with zero attached hydrogens (tertiary/aromatic N) is 2. The Bertz CT molecular complexity index is 929. The lowest BCUT2D eigenvalue weighted by Gasteiger charge is -2.37. The van der Waals surface area contributed by atoms with E-state index >= 15 is 0 Å². The molecule has 0 aromatic rings. The van der Waals surface area contributed by atoms with Gasteiger partial charge >= 0.3 is 6.03 Å². The number of fused-ring (bicyclic) bond motifs is 6. The molecule has 3 amide bonds. The van der Waals surface area contributed by atoms with Crippen molar-refractivity contribution in [3.05, 3.63) is 34.4 Å². The number of Topliss-reactive ketones (excluding diaryl/α,β-unsaturated/α-hetero) is 1. The Hall–Kier alpha value is -2.17. The van der Waals surface area contributed by atoms with Crippen LogP contribution in [-0.2, 0) is 9.59 Å². The molecule has 3 saturated carbocycles. The minimum atomic E-state index is -0.837. The van der Waals surface area contributed by atoms with Gasteiger partial charge in [0, 0.05) is 7.05 Å². The maximum atomic E-state index is 13.5. The average molecular weight is 392 g/mol. The number of urea groups is 1. The van der Waals surface area contributed by atoms with Crippen LogP contribution < -0.4 is 0 Å². The van der Waals surface area contributed by atoms with Gasteiger partial charge in [-0.25, -0.2) is 4.79 Å². The highest BCUT2D eigenvalue weighted by Crippen LogP contribution is 2.53. The highest BCUT2D eigenvalue weighted by atomic mass is 16.2. The Labute approximate surface area is 171 Å². The molecule has 4 fully saturated rings. The predicted octanol–water partition coefficient (Wildman–Crippen LogP) is 3.62. The summed E-state index contributed by atoms with van der Waals surface area (Å²) in [5, 5.41) is 0. The number of carbonyl (C=O) groups is 3. The molecule has 152 valence electrons. The van der Waals surface area contributed by atoms with Gasteiger partial charge < -0.3 is 4.90 Å². The summed E-state index contributed by atoms with van der Waals surface area (Å²) in [5.41, 5.74) is 4.68. The van der Waals surface area contributed by atoms with Crippen molar-refractivity contribution in [3.63, 3.8) is 0 Å². The standard InChI is InChI=1S/C24H28N2O3/c1-24(19-10-13-3-4-16(19)9-13)22(28)26(23(29)25(24)2)12-20(27)21-17-7-8-18(21)15-6-5-14(17)11-15/h3-4,13,16,19,21H,5-12H2,1-2H3/t13-,16+,19?,24?/m1/s1. The molecule has 5 aliphatic carbocycles. The first-order valence-electron chi connectivity index (χ1n) is 11.1. The van der Waals surface area contributed by atoms with Crippen molar-refractivity contribution in [1.82, 2.24) is 9.80 Å². The number of imide groups is 1. The van der Waals surface area contributed by atoms with Gasteiger partial charge in [0.2, 0.25) is 0 Å². The van der Waals surface area contributed by atoms with Crippen LogP contribution in [0.2, 0.25) is 0 Å². The second-order valence-corrected chi connectivity index (χ2v) is 10.1. The number of ketones is 1. The monoisotopic (exact) mass is 392 g/mol. The maximum Gasteiger partial charge on any atom is 0.327 e. The van der Waals surface area contributed by atoms with Crippen molar-refractivity contribution < 1.29 is 14.4 Å². The zero-order valence-electron chi connectivity index (χ0n) is 17.2. The molecule has 0 radical (unpaired) electrons. The van der Waals surface area contributed by atoms with Crippen molar-refractivity contribution >= 4 is 17.7 Å². The van der Waals surface area contributed by atoms with E-state index in [4.69, 9.17) is 0 Å². The summed E-state index contributed by atoms with van der Waals surface area (Å²) in [6.45, 7) is 1.84. The van der Waals surface area contributed by atoms with Crippen LogP contribution in [-0.4, -0.2) is 46.7 Å². The molecule has 6 bridgehead atoms. The van der Waals surface area contributed by atoms with Crippen LogP contribution in [0.1, 0.15) is 51.9 Å². The highest BCUT2D eigenvalue weighted by molar-refractivity contribution is 6.09. The molecule has 1 aliphatic heterocycles. The van der Waals surface area contributed by atoms with Gasteiger partial charge in [-0.3, -0.25) is 14.5 Å². The summed E-state index contributed by atoms with van der Waals surface area (Å²) in [5.74, 6) is 0.754. The molecule has 29 heavy (non-hydrogen) atoms. The van der Waals surface area contributed by atoms with Crippen molar-refractivity contribution in [3.8, 4) is 0 Å². The fourth-order valence-electron chi connectivity index (χ4n) is 7.31. The highest BCUT2D eigenvalue weighted by Gasteiger charge is 2.60. The second-order valence-electron chi connectivity index (χ2n) is 10.1. The summed E-state index contributed by atoms with van der Waals surface area (Å²) < 4.78 is 0. The van der Waals surface area contributed by atoms with E-state index < -0.39 is 5.54 Å². The lowest BCUT2D eigenvalue weighted by molar-refractivity contribution is -0.137. The fraction of sp³-hybridized carbons (Fsp3) is 0.625. The molecular weight excluding hydrogens is 364 g/mol. The topological polar surface area (TPSA) is 57.7 Å². The smallest absolute Gasteiger partial charge is 0.313 e. The van der Waals surface area contributed by atoms with Gasteiger partial charge in [-0.15, -0.1) is 0 Å². The van der Waals surface area contributed by atoms with E-state index in [-0.39, 0.29) is 36.1 Å². The molecule has 5 heteroatoms. The van der Waals surface area contributed by atoms with E-state index in [1.165, 1.54) is 27.2 Å². The van der Waals surface area contributed by atoms with E-state index in [0.29, 0.717) is 11.8 Å². The quantitative estimate of drug-likeness (QED) is 0.542. The Morgan fingerprint density at radius 3 is 2.34 bits per heavy atom. The van der Waals surface area contributed by atoms with Gasteiger partial charge in [0.05, 0.1) is 12.5 Å². The van der Waals surface area contributed by atoms with E-state index in [1.54, 1.807) is 11.9 Å². The predicted molar refractivity (Wildman–Crippen MR) is 108 cm³/mol. The number of hydrogen-bond acceptors (Lipinski definition) is 3. The number of allylic oxidation sites excluding steroid dienone is 6. The van der Waals surface area contributed by atoms with Crippen molar-refractivity contribution in [1.29, 1.82) is 0 Å². The SMILES string of the molecule is CN1C(=O)N(CC(=O)C2C3=C4CCC(=C2CC3)C4)C(=O)C1(C)C1C[C@@H]2C=C[C@H]1C2. The van der Waals surface area contributed by atoms with Crippen LogP contribution in [0, 0.1) is 23.7 Å². The van der Waals surface area contributed by atoms with Gasteiger partial charge in [0.1, 0.15) is 5.54 Å². The zero-order chi connectivity index (χ0) is 20.1. The molecule has 6 rings (SSSR count). The molecule has 0 spiro atoms. The maximum absolute atomic E-state index is 13.5. The van der Waals surface area contributed by atoms with Gasteiger partial charge in [-0.1, -0.05) is 34.4 Å². The number of hydrogen-bond donors (Lipinski definition) is 0. The second kappa shape index (κ2) is 5.71. The molecule has 5 nitrogen and oxygen atoms in total. The summed E-state index contributed by atoms with van der Waals surface area (Å²) in [6.07, 6.45) is 11.8. The van der Waals surface area contributed by atoms with Crippen LogP contribution in [0.15, 0.2) is 34.4 Å². The Kier molecular flexibility index (Phi) is 3.48. The molecule has 4 atom stereocenters. The molecule has 0 N–H and O–H groups in total. The summed E-state index contributed by atoms with van der Waals surface area (Å²) in [6, 6.07) is -0.306. The molecule has 0 aromatic carbocycles. The summed E-state index contributed by atoms with van der Waals surface area (Å²) in [4.78, 5) is 42.8. The third-order valence-electron chi connectivity index (χ3n) is 8.95. The molecule has 2 unspecified atom stereocenters. The summed E-state index contributed by atoms with van der Waals surface area (Å²) in [7, 11) is 1.74. The van der Waals surface area contributed by atoms with E-state index in [1.807, 2.05) is 6.92 Å². The minimum Gasteiger partial charge on any atom is -0.313 e. The third kappa shape index (κ3) is 2.14. The minimum absolute atomic E-state index is 0.0382. The van der Waals surface area contributed by atoms with Crippen molar-refractivity contribution in [2.24, 2.45) is 23.7 Å². The first-order chi connectivity index (χ1) is 13.9. The van der Waals surface area contributed by atoms with Crippen LogP contribution in [0.5, 0.6) is 0 Å². The van der Waals surface area contributed by atoms with Gasteiger partial charge in [0.15, 0.2) is 5.78 Å². The van der Waals surface area contributed by atoms with Gasteiger partial charge in [-0.2, -0.15) is 0 Å². The van der Waals surface area contributed by atoms with E-state index in [0.717, 1.165) is 44.9 Å². The number of carbonyl (C=O) groups excluding carboxylic acids is 3. The first-order valence-corrected chi connectivity index (χ1v) is 11.1. The Balaban J connectivity index is 1.27. The molecular formula is C24H28N2O3. The van der Waals surface area contributed by atoms with Crippen molar-refractivity contribution in [2.45, 2.75) is 57.4 Å². The molecule has 0 aromatic heterocycles. The molecule has 1 heterocycles. The first kappa shape index (κ1) is 17.7. The van der Waals surface area contributed by atoms with Gasteiger partial charge in [0.25, 0.3) is 5.91 Å². The average Bonchev–Trinajstić information content (AvgIpc) is 3.49. The number of likely N-dealkylation sites (N-methyl/N-ethyl adjacent to an activating group) is 1. The van der Waals surface area contributed by atoms with Crippen LogP contribution in [0.25, 0.3) is 0 Å². The van der Waals surface area contributed by atoms with E-state index in [9.17, 15) is 14.4 Å². The molecule has 6 aliphatic rings. The number of rotatable bonds is 4. The largest absolute Gasteiger partial charge is 0.327 e. The van der Waals surface area contributed by atoms with Crippen LogP contribution in [0.3, 0.4) is 0 Å². The Morgan fingerprint density at radius 1 is 1.07 bits per heavy atom. The summed E-state index contributed by atoms with van der Waals surface area (Å²) >= 11 is 0.